The number of fused-ring (bicyclic) bond motifs is 4. The van der Waals surface area contributed by atoms with Crippen LogP contribution in [0.1, 0.15) is 29.0 Å². The molecule has 0 bridgehead atoms. The first-order valence-corrected chi connectivity index (χ1v) is 10.8. The van der Waals surface area contributed by atoms with Gasteiger partial charge < -0.3 is 10.1 Å². The molecular weight excluding hydrogens is 398 g/mol. The van der Waals surface area contributed by atoms with Crippen molar-refractivity contribution in [2.24, 2.45) is 0 Å². The molecule has 5 nitrogen and oxygen atoms in total. The number of carbonyl (C=O) groups is 1. The van der Waals surface area contributed by atoms with Gasteiger partial charge in [0.1, 0.15) is 6.61 Å². The minimum absolute atomic E-state index is 0.0732. The smallest absolute Gasteiger partial charge is 0.407 e. The zero-order valence-corrected chi connectivity index (χ0v) is 17.6. The highest BCUT2D eigenvalue weighted by Crippen LogP contribution is 2.44. The van der Waals surface area contributed by atoms with Gasteiger partial charge in [0.15, 0.2) is 0 Å². The van der Waals surface area contributed by atoms with Gasteiger partial charge in [-0.2, -0.15) is 0 Å². The van der Waals surface area contributed by atoms with Crippen LogP contribution in [-0.2, 0) is 4.74 Å². The lowest BCUT2D eigenvalue weighted by Crippen LogP contribution is -2.26. The second-order valence-electron chi connectivity index (χ2n) is 7.75. The maximum Gasteiger partial charge on any atom is 0.407 e. The van der Waals surface area contributed by atoms with Crippen molar-refractivity contribution >= 4 is 23.2 Å². The van der Waals surface area contributed by atoms with Gasteiger partial charge in [-0.1, -0.05) is 66.7 Å². The van der Waals surface area contributed by atoms with Crippen molar-refractivity contribution < 1.29 is 9.53 Å². The number of benzene rings is 3. The molecule has 5 rings (SSSR count). The lowest BCUT2D eigenvalue weighted by molar-refractivity contribution is 0.143. The van der Waals surface area contributed by atoms with Crippen LogP contribution in [0.3, 0.4) is 0 Å². The Hall–Kier alpha value is -3.99. The SMILES string of the molecule is O=C(NCCC=Cc1ccc2nccnc2c1)OCC1c2ccccc2-c2ccccc21. The van der Waals surface area contributed by atoms with Crippen LogP contribution in [0.25, 0.3) is 28.2 Å². The average Bonchev–Trinajstić information content (AvgIpc) is 3.16. The summed E-state index contributed by atoms with van der Waals surface area (Å²) in [7, 11) is 0. The fourth-order valence-corrected chi connectivity index (χ4v) is 4.21. The van der Waals surface area contributed by atoms with Crippen LogP contribution in [0.2, 0.25) is 0 Å². The molecule has 32 heavy (non-hydrogen) atoms. The van der Waals surface area contributed by atoms with Crippen LogP contribution < -0.4 is 5.32 Å². The summed E-state index contributed by atoms with van der Waals surface area (Å²) in [6.45, 7) is 0.842. The Bertz CT molecular complexity index is 1250. The summed E-state index contributed by atoms with van der Waals surface area (Å²) in [6.07, 6.45) is 7.75. The van der Waals surface area contributed by atoms with Gasteiger partial charge in [-0.05, 0) is 46.4 Å². The first-order chi connectivity index (χ1) is 15.8. The van der Waals surface area contributed by atoms with E-state index in [9.17, 15) is 4.79 Å². The Kier molecular flexibility index (Phi) is 5.62. The molecule has 0 saturated carbocycles. The fourth-order valence-electron chi connectivity index (χ4n) is 4.21. The Morgan fingerprint density at radius 2 is 1.59 bits per heavy atom. The van der Waals surface area contributed by atoms with Crippen LogP contribution in [-0.4, -0.2) is 29.2 Å². The molecule has 1 aromatic heterocycles. The predicted octanol–water partition coefficient (Wildman–Crippen LogP) is 5.57. The summed E-state index contributed by atoms with van der Waals surface area (Å²) in [6, 6.07) is 22.6. The molecule has 1 N–H and O–H groups in total. The van der Waals surface area contributed by atoms with E-state index in [-0.39, 0.29) is 12.0 Å². The van der Waals surface area contributed by atoms with E-state index in [1.807, 2.05) is 54.6 Å². The number of ether oxygens (including phenoxy) is 1. The summed E-state index contributed by atoms with van der Waals surface area (Å²) < 4.78 is 5.56. The molecule has 0 aliphatic heterocycles. The van der Waals surface area contributed by atoms with Crippen molar-refractivity contribution in [3.63, 3.8) is 0 Å². The van der Waals surface area contributed by atoms with Gasteiger partial charge in [0.25, 0.3) is 0 Å². The number of alkyl carbamates (subject to hydrolysis) is 1. The van der Waals surface area contributed by atoms with E-state index in [0.29, 0.717) is 19.6 Å². The van der Waals surface area contributed by atoms with E-state index < -0.39 is 0 Å². The van der Waals surface area contributed by atoms with Crippen molar-refractivity contribution in [3.8, 4) is 11.1 Å². The first-order valence-electron chi connectivity index (χ1n) is 10.8. The van der Waals surface area contributed by atoms with Gasteiger partial charge in [-0.15, -0.1) is 0 Å². The van der Waals surface area contributed by atoms with Gasteiger partial charge in [0.05, 0.1) is 11.0 Å². The lowest BCUT2D eigenvalue weighted by Gasteiger charge is -2.14. The molecule has 0 fully saturated rings. The number of rotatable bonds is 6. The topological polar surface area (TPSA) is 64.1 Å². The highest BCUT2D eigenvalue weighted by molar-refractivity contribution is 5.79. The van der Waals surface area contributed by atoms with Crippen molar-refractivity contribution in [1.29, 1.82) is 0 Å². The summed E-state index contributed by atoms with van der Waals surface area (Å²) in [5.41, 5.74) is 7.67. The Labute approximate surface area is 186 Å². The van der Waals surface area contributed by atoms with Gasteiger partial charge in [-0.3, -0.25) is 9.97 Å². The van der Waals surface area contributed by atoms with Crippen molar-refractivity contribution in [2.45, 2.75) is 12.3 Å². The molecule has 0 spiro atoms. The second kappa shape index (κ2) is 9.02. The van der Waals surface area contributed by atoms with Crippen LogP contribution in [0.5, 0.6) is 0 Å². The number of nitrogens with zero attached hydrogens (tertiary/aromatic N) is 2. The number of carbonyl (C=O) groups excluding carboxylic acids is 1. The van der Waals surface area contributed by atoms with E-state index in [4.69, 9.17) is 4.74 Å². The molecule has 158 valence electrons. The second-order valence-corrected chi connectivity index (χ2v) is 7.75. The van der Waals surface area contributed by atoms with E-state index >= 15 is 0 Å². The molecule has 0 atom stereocenters. The molecule has 1 aliphatic rings. The first kappa shape index (κ1) is 19.9. The van der Waals surface area contributed by atoms with Crippen LogP contribution in [0.15, 0.2) is 85.2 Å². The molecule has 1 heterocycles. The van der Waals surface area contributed by atoms with E-state index in [1.165, 1.54) is 22.3 Å². The average molecular weight is 422 g/mol. The molecule has 5 heteroatoms. The monoisotopic (exact) mass is 421 g/mol. The maximum absolute atomic E-state index is 12.2. The van der Waals surface area contributed by atoms with Gasteiger partial charge in [0, 0.05) is 24.9 Å². The molecule has 0 unspecified atom stereocenters. The number of hydrogen-bond acceptors (Lipinski definition) is 4. The lowest BCUT2D eigenvalue weighted by atomic mass is 9.98. The minimum atomic E-state index is -0.388. The van der Waals surface area contributed by atoms with E-state index in [0.717, 1.165) is 16.6 Å². The normalized spacial score (nSPS) is 12.6. The summed E-state index contributed by atoms with van der Waals surface area (Å²) in [4.78, 5) is 20.8. The zero-order chi connectivity index (χ0) is 21.8. The summed E-state index contributed by atoms with van der Waals surface area (Å²) in [5.74, 6) is 0.0732. The number of amides is 1. The molecule has 1 amide bonds. The standard InChI is InChI=1S/C27H23N3O2/c31-27(30-14-6-5-7-19-12-13-25-26(17-19)29-16-15-28-25)32-18-24-22-10-3-1-8-20(22)21-9-2-4-11-23(21)24/h1-5,7-13,15-17,24H,6,14,18H2,(H,30,31). The quantitative estimate of drug-likeness (QED) is 0.413. The Morgan fingerprint density at radius 1 is 0.906 bits per heavy atom. The van der Waals surface area contributed by atoms with Crippen molar-refractivity contribution in [3.05, 3.63) is 102 Å². The van der Waals surface area contributed by atoms with Crippen molar-refractivity contribution in [2.75, 3.05) is 13.2 Å². The fraction of sp³-hybridized carbons (Fsp3) is 0.148. The molecular formula is C27H23N3O2. The minimum Gasteiger partial charge on any atom is -0.449 e. The van der Waals surface area contributed by atoms with Gasteiger partial charge >= 0.3 is 6.09 Å². The summed E-state index contributed by atoms with van der Waals surface area (Å²) >= 11 is 0. The molecule has 0 radical (unpaired) electrons. The zero-order valence-electron chi connectivity index (χ0n) is 17.6. The highest BCUT2D eigenvalue weighted by atomic mass is 16.5. The van der Waals surface area contributed by atoms with Gasteiger partial charge in [0.2, 0.25) is 0 Å². The van der Waals surface area contributed by atoms with Crippen LogP contribution in [0, 0.1) is 0 Å². The Balaban J connectivity index is 1.12. The third-order valence-electron chi connectivity index (χ3n) is 5.73. The van der Waals surface area contributed by atoms with Crippen molar-refractivity contribution in [1.82, 2.24) is 15.3 Å². The third kappa shape index (κ3) is 4.10. The number of aromatic nitrogens is 2. The highest BCUT2D eigenvalue weighted by Gasteiger charge is 2.28. The summed E-state index contributed by atoms with van der Waals surface area (Å²) in [5, 5.41) is 2.84. The Morgan fingerprint density at radius 3 is 2.34 bits per heavy atom. The van der Waals surface area contributed by atoms with E-state index in [1.54, 1.807) is 12.4 Å². The molecule has 1 aliphatic carbocycles. The maximum atomic E-state index is 12.2. The third-order valence-corrected chi connectivity index (χ3v) is 5.73. The van der Waals surface area contributed by atoms with Gasteiger partial charge in [-0.25, -0.2) is 4.79 Å². The number of nitrogens with one attached hydrogen (secondary N) is 1. The number of hydrogen-bond donors (Lipinski definition) is 1. The van der Waals surface area contributed by atoms with Crippen LogP contribution >= 0.6 is 0 Å². The van der Waals surface area contributed by atoms with E-state index in [2.05, 4.69) is 39.6 Å². The largest absolute Gasteiger partial charge is 0.449 e. The molecule has 0 saturated heterocycles. The van der Waals surface area contributed by atoms with Crippen LogP contribution in [0.4, 0.5) is 4.79 Å². The predicted molar refractivity (Wildman–Crippen MR) is 126 cm³/mol. The molecule has 4 aromatic rings. The molecule has 3 aromatic carbocycles.